The number of para-hydroxylation sites is 1. The van der Waals surface area contributed by atoms with Crippen molar-refractivity contribution >= 4 is 50.6 Å². The lowest BCUT2D eigenvalue weighted by Gasteiger charge is -2.15. The summed E-state index contributed by atoms with van der Waals surface area (Å²) in [5.74, 6) is 0.183. The van der Waals surface area contributed by atoms with Gasteiger partial charge in [-0.05, 0) is 83.3 Å². The van der Waals surface area contributed by atoms with Crippen molar-refractivity contribution in [3.05, 3.63) is 98.1 Å². The molecule has 0 bridgehead atoms. The number of fused-ring (bicyclic) bond motifs is 1. The number of carboxylic acids is 1. The van der Waals surface area contributed by atoms with Crippen LogP contribution in [-0.4, -0.2) is 20.9 Å². The maximum atomic E-state index is 11.3. The summed E-state index contributed by atoms with van der Waals surface area (Å²) in [5.41, 5.74) is 6.78. The number of aryl methyl sites for hydroxylation is 2. The van der Waals surface area contributed by atoms with E-state index in [4.69, 9.17) is 27.9 Å². The molecule has 2 heterocycles. The van der Waals surface area contributed by atoms with Crippen molar-refractivity contribution in [2.45, 2.75) is 46.6 Å². The van der Waals surface area contributed by atoms with Gasteiger partial charge < -0.3 is 9.84 Å². The zero-order valence-corrected chi connectivity index (χ0v) is 24.4. The van der Waals surface area contributed by atoms with Gasteiger partial charge in [0.1, 0.15) is 18.0 Å². The first-order valence-corrected chi connectivity index (χ1v) is 14.2. The largest absolute Gasteiger partial charge is 0.487 e. The Morgan fingerprint density at radius 1 is 1.08 bits per heavy atom. The number of ether oxygens (including phenoxy) is 1. The summed E-state index contributed by atoms with van der Waals surface area (Å²) >= 11 is 14.6. The maximum Gasteiger partial charge on any atom is 0.307 e. The topological polar surface area (TPSA) is 64.4 Å². The van der Waals surface area contributed by atoms with E-state index in [0.717, 1.165) is 54.2 Å². The van der Waals surface area contributed by atoms with Gasteiger partial charge in [-0.2, -0.15) is 5.10 Å². The zero-order chi connectivity index (χ0) is 27.8. The Balaban J connectivity index is 1.42. The third-order valence-corrected chi connectivity index (χ3v) is 8.60. The molecule has 3 aromatic carbocycles. The molecule has 0 spiro atoms. The first-order chi connectivity index (χ1) is 18.6. The highest BCUT2D eigenvalue weighted by Gasteiger charge is 2.20. The lowest BCUT2D eigenvalue weighted by molar-refractivity contribution is -0.136. The van der Waals surface area contributed by atoms with Crippen LogP contribution < -0.4 is 4.74 Å². The quantitative estimate of drug-likeness (QED) is 0.199. The van der Waals surface area contributed by atoms with E-state index in [1.165, 1.54) is 0 Å². The molecule has 2 aromatic heterocycles. The van der Waals surface area contributed by atoms with Gasteiger partial charge in [0.25, 0.3) is 0 Å². The number of benzene rings is 3. The van der Waals surface area contributed by atoms with Gasteiger partial charge in [0, 0.05) is 9.58 Å². The molecular formula is C31H28Cl2N2O3S. The van der Waals surface area contributed by atoms with Crippen LogP contribution in [0.25, 0.3) is 26.9 Å². The first-order valence-electron chi connectivity index (χ1n) is 12.6. The van der Waals surface area contributed by atoms with Crippen molar-refractivity contribution < 1.29 is 14.6 Å². The van der Waals surface area contributed by atoms with E-state index in [0.29, 0.717) is 22.3 Å². The molecule has 8 heteroatoms. The molecule has 0 aliphatic carbocycles. The molecule has 0 radical (unpaired) electrons. The van der Waals surface area contributed by atoms with E-state index in [1.807, 2.05) is 37.4 Å². The number of aromatic nitrogens is 2. The Morgan fingerprint density at radius 3 is 2.49 bits per heavy atom. The maximum absolute atomic E-state index is 11.3. The molecule has 0 unspecified atom stereocenters. The van der Waals surface area contributed by atoms with Crippen molar-refractivity contribution in [1.82, 2.24) is 9.78 Å². The minimum Gasteiger partial charge on any atom is -0.487 e. The third kappa shape index (κ3) is 5.42. The molecule has 5 aromatic rings. The van der Waals surface area contributed by atoms with E-state index in [1.54, 1.807) is 28.2 Å². The van der Waals surface area contributed by atoms with Gasteiger partial charge in [0.2, 0.25) is 0 Å². The average molecular weight is 580 g/mol. The lowest BCUT2D eigenvalue weighted by Crippen LogP contribution is -2.09. The fourth-order valence-electron chi connectivity index (χ4n) is 4.91. The fraction of sp³-hybridized carbons (Fsp3) is 0.226. The van der Waals surface area contributed by atoms with Crippen molar-refractivity contribution in [1.29, 1.82) is 0 Å². The van der Waals surface area contributed by atoms with Gasteiger partial charge in [-0.3, -0.25) is 4.79 Å². The molecule has 0 aliphatic heterocycles. The Morgan fingerprint density at radius 2 is 1.82 bits per heavy atom. The molecule has 0 aliphatic rings. The van der Waals surface area contributed by atoms with Gasteiger partial charge in [-0.25, -0.2) is 4.68 Å². The number of halogens is 2. The summed E-state index contributed by atoms with van der Waals surface area (Å²) in [4.78, 5) is 12.3. The number of nitrogens with zero attached hydrogens (tertiary/aromatic N) is 2. The molecular weight excluding hydrogens is 551 g/mol. The smallest absolute Gasteiger partial charge is 0.307 e. The van der Waals surface area contributed by atoms with Crippen LogP contribution in [0.2, 0.25) is 10.0 Å². The summed E-state index contributed by atoms with van der Waals surface area (Å²) in [6, 6.07) is 17.7. The highest BCUT2D eigenvalue weighted by molar-refractivity contribution is 7.19. The Kier molecular flexibility index (Phi) is 7.72. The second-order valence-electron chi connectivity index (χ2n) is 9.87. The second kappa shape index (κ2) is 11.0. The number of thiophene rings is 1. The SMILES string of the molecule is Cc1cc(OCc2c(C(C)C)cnn2-c2c(Cl)cccc2Cl)ccc1-c1ccc2c(CC(=O)O)c(C)sc2c1. The molecule has 0 saturated heterocycles. The molecule has 200 valence electrons. The monoisotopic (exact) mass is 578 g/mol. The normalized spacial score (nSPS) is 11.5. The van der Waals surface area contributed by atoms with Crippen molar-refractivity contribution in [3.63, 3.8) is 0 Å². The van der Waals surface area contributed by atoms with Crippen LogP contribution in [0.1, 0.15) is 47.0 Å². The fourth-order valence-corrected chi connectivity index (χ4v) is 6.59. The number of hydrogen-bond donors (Lipinski definition) is 1. The standard InChI is InChI=1S/C31H28Cl2N2O3S/c1-17(2)25-15-34-35(31-26(32)6-5-7-27(31)33)28(25)16-38-21-9-11-22(18(3)12-21)20-8-10-23-24(14-30(36)37)19(4)39-29(23)13-20/h5-13,15,17H,14,16H2,1-4H3,(H,36,37). The molecule has 1 N–H and O–H groups in total. The Bertz CT molecular complexity index is 1680. The summed E-state index contributed by atoms with van der Waals surface area (Å²) in [5, 5.41) is 15.9. The highest BCUT2D eigenvalue weighted by atomic mass is 35.5. The van der Waals surface area contributed by atoms with Gasteiger partial charge in [0.05, 0.1) is 28.4 Å². The van der Waals surface area contributed by atoms with E-state index < -0.39 is 5.97 Å². The van der Waals surface area contributed by atoms with Crippen LogP contribution in [0.15, 0.2) is 60.8 Å². The highest BCUT2D eigenvalue weighted by Crippen LogP contribution is 2.36. The number of rotatable bonds is 8. The van der Waals surface area contributed by atoms with E-state index in [9.17, 15) is 9.90 Å². The second-order valence-corrected chi connectivity index (χ2v) is 11.9. The van der Waals surface area contributed by atoms with Gasteiger partial charge in [0.15, 0.2) is 0 Å². The molecule has 0 atom stereocenters. The van der Waals surface area contributed by atoms with Crippen LogP contribution in [0.4, 0.5) is 0 Å². The van der Waals surface area contributed by atoms with E-state index in [-0.39, 0.29) is 12.3 Å². The molecule has 5 rings (SSSR count). The predicted molar refractivity (Wildman–Crippen MR) is 160 cm³/mol. The summed E-state index contributed by atoms with van der Waals surface area (Å²) < 4.78 is 9.15. The number of carbonyl (C=O) groups is 1. The number of carboxylic acid groups (broad SMARTS) is 1. The molecule has 39 heavy (non-hydrogen) atoms. The van der Waals surface area contributed by atoms with Gasteiger partial charge >= 0.3 is 5.97 Å². The zero-order valence-electron chi connectivity index (χ0n) is 22.1. The van der Waals surface area contributed by atoms with Crippen LogP contribution >= 0.6 is 34.5 Å². The lowest BCUT2D eigenvalue weighted by atomic mass is 9.98. The number of hydrogen-bond acceptors (Lipinski definition) is 4. The van der Waals surface area contributed by atoms with E-state index in [2.05, 4.69) is 44.1 Å². The Labute approximate surface area is 241 Å². The average Bonchev–Trinajstić information content (AvgIpc) is 3.43. The van der Waals surface area contributed by atoms with Crippen LogP contribution in [0.3, 0.4) is 0 Å². The van der Waals surface area contributed by atoms with Gasteiger partial charge in [-0.1, -0.05) is 61.3 Å². The minimum absolute atomic E-state index is 0.0380. The van der Waals surface area contributed by atoms with E-state index >= 15 is 0 Å². The summed E-state index contributed by atoms with van der Waals surface area (Å²) in [7, 11) is 0. The predicted octanol–water partition coefficient (Wildman–Crippen LogP) is 9.01. The summed E-state index contributed by atoms with van der Waals surface area (Å²) in [6.45, 7) is 8.59. The van der Waals surface area contributed by atoms with Crippen LogP contribution in [0.5, 0.6) is 5.75 Å². The molecule has 5 nitrogen and oxygen atoms in total. The van der Waals surface area contributed by atoms with Crippen molar-refractivity contribution in [2.24, 2.45) is 0 Å². The van der Waals surface area contributed by atoms with Crippen molar-refractivity contribution in [3.8, 4) is 22.6 Å². The van der Waals surface area contributed by atoms with Crippen molar-refractivity contribution in [2.75, 3.05) is 0 Å². The third-order valence-electron chi connectivity index (χ3n) is 6.88. The van der Waals surface area contributed by atoms with Crippen LogP contribution in [0, 0.1) is 13.8 Å². The molecule has 0 saturated carbocycles. The first kappa shape index (κ1) is 27.3. The van der Waals surface area contributed by atoms with Gasteiger partial charge in [-0.15, -0.1) is 11.3 Å². The minimum atomic E-state index is -0.813. The summed E-state index contributed by atoms with van der Waals surface area (Å²) in [6.07, 6.45) is 1.89. The van der Waals surface area contributed by atoms with Crippen LogP contribution in [-0.2, 0) is 17.8 Å². The molecule has 0 amide bonds. The number of aliphatic carboxylic acids is 1. The molecule has 0 fully saturated rings. The Hall–Kier alpha value is -3.32.